The van der Waals surface area contributed by atoms with Crippen molar-refractivity contribution in [3.8, 4) is 0 Å². The van der Waals surface area contributed by atoms with Crippen LogP contribution in [0.5, 0.6) is 0 Å². The Morgan fingerprint density at radius 3 is 2.64 bits per heavy atom. The topological polar surface area (TPSA) is 66.5 Å². The number of nitrogens with zero attached hydrogens (tertiary/aromatic N) is 2. The quantitative estimate of drug-likeness (QED) is 0.713. The summed E-state index contributed by atoms with van der Waals surface area (Å²) >= 11 is 0. The molecule has 2 aromatic rings. The maximum atomic E-state index is 14.0. The minimum Gasteiger partial charge on any atom is -0.380 e. The zero-order valence-corrected chi connectivity index (χ0v) is 18.9. The first-order valence-electron chi connectivity index (χ1n) is 11.1. The van der Waals surface area contributed by atoms with Crippen LogP contribution in [0.2, 0.25) is 0 Å². The van der Waals surface area contributed by atoms with Gasteiger partial charge in [-0.25, -0.2) is 0 Å². The highest BCUT2D eigenvalue weighted by atomic mass is 19.4. The van der Waals surface area contributed by atoms with Gasteiger partial charge in [0.05, 0.1) is 24.2 Å². The maximum absolute atomic E-state index is 14.0. The molecule has 1 saturated heterocycles. The summed E-state index contributed by atoms with van der Waals surface area (Å²) in [4.78, 5) is 17.4. The van der Waals surface area contributed by atoms with Crippen molar-refractivity contribution in [2.45, 2.75) is 50.0 Å². The molecule has 33 heavy (non-hydrogen) atoms. The van der Waals surface area contributed by atoms with Gasteiger partial charge in [0.15, 0.2) is 6.04 Å². The first-order valence-corrected chi connectivity index (χ1v) is 11.1. The number of benzene rings is 1. The Labute approximate surface area is 191 Å². The number of halogens is 3. The summed E-state index contributed by atoms with van der Waals surface area (Å²) in [7, 11) is 1.14. The van der Waals surface area contributed by atoms with E-state index in [9.17, 15) is 18.0 Å². The molecule has 2 aliphatic rings. The fourth-order valence-corrected chi connectivity index (χ4v) is 4.74. The molecule has 0 saturated carbocycles. The van der Waals surface area contributed by atoms with Gasteiger partial charge in [0.25, 0.3) is 5.91 Å². The van der Waals surface area contributed by atoms with Crippen LogP contribution in [0.4, 0.5) is 18.9 Å². The van der Waals surface area contributed by atoms with Crippen molar-refractivity contribution in [2.75, 3.05) is 32.1 Å². The second-order valence-corrected chi connectivity index (χ2v) is 9.21. The largest absolute Gasteiger partial charge is 0.414 e. The van der Waals surface area contributed by atoms with Gasteiger partial charge < -0.3 is 20.3 Å². The second kappa shape index (κ2) is 8.95. The van der Waals surface area contributed by atoms with Crippen LogP contribution in [-0.4, -0.2) is 60.9 Å². The Balaban J connectivity index is 1.51. The minimum atomic E-state index is -4.68. The third-order valence-electron chi connectivity index (χ3n) is 6.66. The molecule has 2 N–H and O–H groups in total. The number of fused-ring (bicyclic) bond motifs is 1. The maximum Gasteiger partial charge on any atom is 0.414 e. The molecule has 178 valence electrons. The fourth-order valence-electron chi connectivity index (χ4n) is 4.74. The van der Waals surface area contributed by atoms with Gasteiger partial charge in [-0.1, -0.05) is 38.1 Å². The molecule has 1 aromatic carbocycles. The molecule has 6 nitrogen and oxygen atoms in total. The molecule has 0 spiro atoms. The van der Waals surface area contributed by atoms with Gasteiger partial charge in [-0.05, 0) is 29.7 Å². The lowest BCUT2D eigenvalue weighted by Crippen LogP contribution is -2.51. The molecule has 3 atom stereocenters. The molecule has 1 aliphatic heterocycles. The second-order valence-electron chi connectivity index (χ2n) is 9.21. The number of alkyl halides is 3. The molecule has 0 bridgehead atoms. The smallest absolute Gasteiger partial charge is 0.380 e. The summed E-state index contributed by atoms with van der Waals surface area (Å²) in [6.07, 6.45) is -3.39. The zero-order chi connectivity index (χ0) is 23.8. The van der Waals surface area contributed by atoms with Crippen molar-refractivity contribution in [1.82, 2.24) is 15.2 Å². The number of morpholine rings is 1. The van der Waals surface area contributed by atoms with Crippen molar-refractivity contribution in [3.63, 3.8) is 0 Å². The van der Waals surface area contributed by atoms with E-state index in [1.54, 1.807) is 6.07 Å². The highest BCUT2D eigenvalue weighted by Gasteiger charge is 2.47. The molecule has 4 rings (SSSR count). The molecular formula is C24H29F3N4O2. The van der Waals surface area contributed by atoms with Crippen LogP contribution in [0.3, 0.4) is 0 Å². The van der Waals surface area contributed by atoms with Crippen LogP contribution >= 0.6 is 0 Å². The number of rotatable bonds is 5. The Hall–Kier alpha value is -2.65. The number of anilines is 1. The van der Waals surface area contributed by atoms with E-state index < -0.39 is 24.2 Å². The lowest BCUT2D eigenvalue weighted by molar-refractivity contribution is -0.194. The highest BCUT2D eigenvalue weighted by Crippen LogP contribution is 2.40. The first kappa shape index (κ1) is 23.5. The lowest BCUT2D eigenvalue weighted by atomic mass is 9.83. The van der Waals surface area contributed by atoms with Gasteiger partial charge in [0.2, 0.25) is 0 Å². The Morgan fingerprint density at radius 2 is 2.03 bits per heavy atom. The van der Waals surface area contributed by atoms with Crippen LogP contribution in [0.25, 0.3) is 0 Å². The van der Waals surface area contributed by atoms with Crippen molar-refractivity contribution >= 4 is 11.6 Å². The van der Waals surface area contributed by atoms with Crippen molar-refractivity contribution in [3.05, 3.63) is 59.4 Å². The van der Waals surface area contributed by atoms with Gasteiger partial charge in [-0.3, -0.25) is 9.78 Å². The SMILES string of the molecule is CN(C(=O)[C@@H]1CNCCO1)[C@@H](c1ccc(N[C@H]2Cc3ccccc3C2(C)C)cn1)C(F)(F)F. The number of carbonyl (C=O) groups excluding carboxylic acids is 1. The molecule has 1 fully saturated rings. The fraction of sp³-hybridized carbons (Fsp3) is 0.500. The van der Waals surface area contributed by atoms with Crippen molar-refractivity contribution in [2.24, 2.45) is 0 Å². The summed E-state index contributed by atoms with van der Waals surface area (Å²) in [5.41, 5.74) is 2.80. The number of likely N-dealkylation sites (N-methyl/N-ethyl adjacent to an activating group) is 1. The monoisotopic (exact) mass is 462 g/mol. The number of amides is 1. The van der Waals surface area contributed by atoms with E-state index in [-0.39, 0.29) is 30.3 Å². The van der Waals surface area contributed by atoms with Gasteiger partial charge in [0.1, 0.15) is 6.10 Å². The Bertz CT molecular complexity index is 988. The number of hydrogen-bond acceptors (Lipinski definition) is 5. The predicted octanol–water partition coefficient (Wildman–Crippen LogP) is 3.45. The summed E-state index contributed by atoms with van der Waals surface area (Å²) in [6, 6.07) is 9.10. The van der Waals surface area contributed by atoms with Crippen LogP contribution in [0.1, 0.15) is 36.7 Å². The van der Waals surface area contributed by atoms with Gasteiger partial charge in [-0.2, -0.15) is 13.2 Å². The van der Waals surface area contributed by atoms with Crippen LogP contribution < -0.4 is 10.6 Å². The van der Waals surface area contributed by atoms with Crippen LogP contribution in [0.15, 0.2) is 42.6 Å². The van der Waals surface area contributed by atoms with Crippen molar-refractivity contribution in [1.29, 1.82) is 0 Å². The highest BCUT2D eigenvalue weighted by molar-refractivity contribution is 5.81. The first-order chi connectivity index (χ1) is 15.6. The molecule has 0 radical (unpaired) electrons. The molecular weight excluding hydrogens is 433 g/mol. The number of nitrogens with one attached hydrogen (secondary N) is 2. The van der Waals surface area contributed by atoms with E-state index in [0.717, 1.165) is 13.5 Å². The van der Waals surface area contributed by atoms with E-state index in [1.807, 2.05) is 12.1 Å². The molecule has 1 amide bonds. The van der Waals surface area contributed by atoms with E-state index in [2.05, 4.69) is 41.6 Å². The number of ether oxygens (including phenoxy) is 1. The Morgan fingerprint density at radius 1 is 1.27 bits per heavy atom. The number of hydrogen-bond donors (Lipinski definition) is 2. The third kappa shape index (κ3) is 4.70. The standard InChI is InChI=1S/C24H29F3N4O2/c1-23(2)17-7-5-4-6-15(17)12-20(23)30-16-8-9-18(29-13-16)21(24(25,26)27)31(3)22(32)19-14-28-10-11-33-19/h4-9,13,19-21,28,30H,10-12,14H2,1-3H3/t19-,20-,21-/m0/s1. The average Bonchev–Trinajstić information content (AvgIpc) is 3.04. The predicted molar refractivity (Wildman–Crippen MR) is 119 cm³/mol. The summed E-state index contributed by atoms with van der Waals surface area (Å²) in [5, 5.41) is 6.40. The summed E-state index contributed by atoms with van der Waals surface area (Å²) < 4.78 is 47.2. The van der Waals surface area contributed by atoms with Gasteiger partial charge >= 0.3 is 6.18 Å². The average molecular weight is 463 g/mol. The number of pyridine rings is 1. The Kier molecular flexibility index (Phi) is 6.37. The van der Waals surface area contributed by atoms with Gasteiger partial charge in [-0.15, -0.1) is 0 Å². The van der Waals surface area contributed by atoms with Crippen molar-refractivity contribution < 1.29 is 22.7 Å². The number of carbonyl (C=O) groups is 1. The summed E-state index contributed by atoms with van der Waals surface area (Å²) in [6.45, 7) is 5.33. The van der Waals surface area contributed by atoms with E-state index in [0.29, 0.717) is 17.1 Å². The molecule has 9 heteroatoms. The van der Waals surface area contributed by atoms with Gasteiger partial charge in [0, 0.05) is 31.6 Å². The van der Waals surface area contributed by atoms with E-state index in [4.69, 9.17) is 4.74 Å². The third-order valence-corrected chi connectivity index (χ3v) is 6.66. The van der Waals surface area contributed by atoms with Crippen LogP contribution in [-0.2, 0) is 21.4 Å². The van der Waals surface area contributed by atoms with E-state index in [1.165, 1.54) is 23.4 Å². The number of aromatic nitrogens is 1. The molecule has 2 heterocycles. The molecule has 0 unspecified atom stereocenters. The van der Waals surface area contributed by atoms with Crippen LogP contribution in [0, 0.1) is 0 Å². The summed E-state index contributed by atoms with van der Waals surface area (Å²) in [5.74, 6) is -0.723. The van der Waals surface area contributed by atoms with E-state index >= 15 is 0 Å². The minimum absolute atomic E-state index is 0.0844. The molecule has 1 aliphatic carbocycles. The zero-order valence-electron chi connectivity index (χ0n) is 18.9. The normalized spacial score (nSPS) is 23.0. The molecule has 1 aromatic heterocycles. The lowest BCUT2D eigenvalue weighted by Gasteiger charge is -2.33.